The van der Waals surface area contributed by atoms with E-state index >= 15 is 0 Å². The number of carbonyl (C=O) groups is 1. The lowest BCUT2D eigenvalue weighted by Gasteiger charge is -2.43. The van der Waals surface area contributed by atoms with Crippen LogP contribution in [0.2, 0.25) is 0 Å². The van der Waals surface area contributed by atoms with Crippen LogP contribution in [0.1, 0.15) is 38.5 Å². The molecule has 120 valence electrons. The summed E-state index contributed by atoms with van der Waals surface area (Å²) < 4.78 is 5.29. The smallest absolute Gasteiger partial charge is 0.238 e. The summed E-state index contributed by atoms with van der Waals surface area (Å²) in [7, 11) is 1.63. The van der Waals surface area contributed by atoms with E-state index in [-0.39, 0.29) is 5.91 Å². The minimum atomic E-state index is 0.0655. The van der Waals surface area contributed by atoms with E-state index in [0.29, 0.717) is 18.3 Å². The first-order valence-corrected chi connectivity index (χ1v) is 8.45. The Balaban J connectivity index is 1.61. The van der Waals surface area contributed by atoms with Gasteiger partial charge in [-0.1, -0.05) is 25.0 Å². The first-order chi connectivity index (χ1) is 10.8. The highest BCUT2D eigenvalue weighted by molar-refractivity contribution is 5.93. The van der Waals surface area contributed by atoms with Gasteiger partial charge in [-0.3, -0.25) is 9.69 Å². The average Bonchev–Trinajstić information content (AvgIpc) is 2.55. The maximum absolute atomic E-state index is 12.4. The Kier molecular flexibility index (Phi) is 4.98. The molecule has 1 aromatic carbocycles. The molecule has 0 unspecified atom stereocenters. The van der Waals surface area contributed by atoms with Crippen molar-refractivity contribution in [1.29, 1.82) is 0 Å². The van der Waals surface area contributed by atoms with E-state index < -0.39 is 0 Å². The summed E-state index contributed by atoms with van der Waals surface area (Å²) in [6.07, 6.45) is 7.84. The third-order valence-corrected chi connectivity index (χ3v) is 5.09. The molecule has 2 atom stereocenters. The number of carbonyl (C=O) groups excluding carboxylic acids is 1. The van der Waals surface area contributed by atoms with E-state index in [1.54, 1.807) is 7.11 Å². The third-order valence-electron chi connectivity index (χ3n) is 5.09. The first-order valence-electron chi connectivity index (χ1n) is 8.45. The molecule has 4 heteroatoms. The SMILES string of the molecule is COc1ccccc1NC(=O)CN1CCC[C@@H]2CCCC[C@@H]21. The zero-order valence-electron chi connectivity index (χ0n) is 13.4. The van der Waals surface area contributed by atoms with Gasteiger partial charge >= 0.3 is 0 Å². The van der Waals surface area contributed by atoms with Gasteiger partial charge in [-0.2, -0.15) is 0 Å². The number of anilines is 1. The van der Waals surface area contributed by atoms with Crippen molar-refractivity contribution < 1.29 is 9.53 Å². The Morgan fingerprint density at radius 3 is 2.86 bits per heavy atom. The molecule has 0 spiro atoms. The maximum Gasteiger partial charge on any atom is 0.238 e. The molecule has 1 saturated heterocycles. The van der Waals surface area contributed by atoms with Crippen molar-refractivity contribution in [2.45, 2.75) is 44.6 Å². The summed E-state index contributed by atoms with van der Waals surface area (Å²) in [5.41, 5.74) is 0.757. The maximum atomic E-state index is 12.4. The van der Waals surface area contributed by atoms with Gasteiger partial charge in [-0.15, -0.1) is 0 Å². The predicted octanol–water partition coefficient (Wildman–Crippen LogP) is 3.29. The van der Waals surface area contributed by atoms with Crippen LogP contribution in [-0.2, 0) is 4.79 Å². The molecule has 0 aromatic heterocycles. The van der Waals surface area contributed by atoms with Gasteiger partial charge in [-0.05, 0) is 50.3 Å². The normalized spacial score (nSPS) is 25.3. The zero-order chi connectivity index (χ0) is 15.4. The van der Waals surface area contributed by atoms with Crippen molar-refractivity contribution in [3.05, 3.63) is 24.3 Å². The van der Waals surface area contributed by atoms with E-state index in [9.17, 15) is 4.79 Å². The van der Waals surface area contributed by atoms with Crippen molar-refractivity contribution >= 4 is 11.6 Å². The number of rotatable bonds is 4. The topological polar surface area (TPSA) is 41.6 Å². The summed E-state index contributed by atoms with van der Waals surface area (Å²) in [4.78, 5) is 14.8. The number of likely N-dealkylation sites (tertiary alicyclic amines) is 1. The van der Waals surface area contributed by atoms with Gasteiger partial charge in [0.25, 0.3) is 0 Å². The second-order valence-electron chi connectivity index (χ2n) is 6.47. The molecular weight excluding hydrogens is 276 g/mol. The Morgan fingerprint density at radius 1 is 1.23 bits per heavy atom. The number of para-hydroxylation sites is 2. The van der Waals surface area contributed by atoms with Crippen molar-refractivity contribution in [2.24, 2.45) is 5.92 Å². The van der Waals surface area contributed by atoms with Crippen LogP contribution in [0.25, 0.3) is 0 Å². The average molecular weight is 302 g/mol. The van der Waals surface area contributed by atoms with Crippen LogP contribution in [0.15, 0.2) is 24.3 Å². The molecule has 1 heterocycles. The van der Waals surface area contributed by atoms with Gasteiger partial charge < -0.3 is 10.1 Å². The van der Waals surface area contributed by atoms with Gasteiger partial charge in [0.05, 0.1) is 19.3 Å². The summed E-state index contributed by atoms with van der Waals surface area (Å²) in [6, 6.07) is 8.19. The second-order valence-corrected chi connectivity index (χ2v) is 6.47. The molecule has 3 rings (SSSR count). The number of benzene rings is 1. The van der Waals surface area contributed by atoms with Crippen molar-refractivity contribution in [3.8, 4) is 5.75 Å². The highest BCUT2D eigenvalue weighted by atomic mass is 16.5. The van der Waals surface area contributed by atoms with Crippen molar-refractivity contribution in [2.75, 3.05) is 25.5 Å². The van der Waals surface area contributed by atoms with Gasteiger partial charge in [0.2, 0.25) is 5.91 Å². The number of nitrogens with zero attached hydrogens (tertiary/aromatic N) is 1. The van der Waals surface area contributed by atoms with Gasteiger partial charge in [-0.25, -0.2) is 0 Å². The zero-order valence-corrected chi connectivity index (χ0v) is 13.4. The second kappa shape index (κ2) is 7.14. The molecule has 0 bridgehead atoms. The minimum Gasteiger partial charge on any atom is -0.495 e. The number of hydrogen-bond donors (Lipinski definition) is 1. The fourth-order valence-corrected chi connectivity index (χ4v) is 4.05. The lowest BCUT2D eigenvalue weighted by atomic mass is 9.78. The number of nitrogens with one attached hydrogen (secondary N) is 1. The molecule has 2 aliphatic rings. The molecule has 1 saturated carbocycles. The fraction of sp³-hybridized carbons (Fsp3) is 0.611. The molecule has 1 aromatic rings. The minimum absolute atomic E-state index is 0.0655. The summed E-state index contributed by atoms with van der Waals surface area (Å²) in [5, 5.41) is 3.00. The lowest BCUT2D eigenvalue weighted by Crippen LogP contribution is -2.49. The summed E-state index contributed by atoms with van der Waals surface area (Å²) in [5.74, 6) is 1.59. The van der Waals surface area contributed by atoms with Crippen molar-refractivity contribution in [3.63, 3.8) is 0 Å². The summed E-state index contributed by atoms with van der Waals surface area (Å²) >= 11 is 0. The van der Waals surface area contributed by atoms with Crippen LogP contribution in [0.5, 0.6) is 5.75 Å². The third kappa shape index (κ3) is 3.43. The highest BCUT2D eigenvalue weighted by Gasteiger charge is 2.33. The van der Waals surface area contributed by atoms with Gasteiger partial charge in [0, 0.05) is 6.04 Å². The van der Waals surface area contributed by atoms with E-state index in [2.05, 4.69) is 10.2 Å². The number of amides is 1. The first kappa shape index (κ1) is 15.3. The largest absolute Gasteiger partial charge is 0.495 e. The quantitative estimate of drug-likeness (QED) is 0.928. The van der Waals surface area contributed by atoms with Crippen LogP contribution >= 0.6 is 0 Å². The van der Waals surface area contributed by atoms with Crippen LogP contribution in [-0.4, -0.2) is 37.0 Å². The van der Waals surface area contributed by atoms with Gasteiger partial charge in [0.1, 0.15) is 5.75 Å². The predicted molar refractivity (Wildman–Crippen MR) is 88.2 cm³/mol. The van der Waals surface area contributed by atoms with E-state index in [1.165, 1.54) is 38.5 Å². The number of fused-ring (bicyclic) bond motifs is 1. The molecule has 1 aliphatic carbocycles. The Hall–Kier alpha value is -1.55. The number of hydrogen-bond acceptors (Lipinski definition) is 3. The molecule has 2 fully saturated rings. The van der Waals surface area contributed by atoms with Crippen LogP contribution < -0.4 is 10.1 Å². The monoisotopic (exact) mass is 302 g/mol. The molecule has 1 amide bonds. The van der Waals surface area contributed by atoms with E-state index in [0.717, 1.165) is 18.2 Å². The lowest BCUT2D eigenvalue weighted by molar-refractivity contribution is -0.118. The Morgan fingerprint density at radius 2 is 2.00 bits per heavy atom. The van der Waals surface area contributed by atoms with Gasteiger partial charge in [0.15, 0.2) is 0 Å². The Labute approximate surface area is 132 Å². The number of ether oxygens (including phenoxy) is 1. The van der Waals surface area contributed by atoms with Crippen LogP contribution in [0, 0.1) is 5.92 Å². The fourth-order valence-electron chi connectivity index (χ4n) is 4.05. The van der Waals surface area contributed by atoms with E-state index in [4.69, 9.17) is 4.74 Å². The summed E-state index contributed by atoms with van der Waals surface area (Å²) in [6.45, 7) is 1.56. The van der Waals surface area contributed by atoms with Crippen molar-refractivity contribution in [1.82, 2.24) is 4.90 Å². The number of methoxy groups -OCH3 is 1. The standard InChI is InChI=1S/C18H26N2O2/c1-22-17-11-5-3-9-15(17)19-18(21)13-20-12-6-8-14-7-2-4-10-16(14)20/h3,5,9,11,14,16H,2,4,6-8,10,12-13H2,1H3,(H,19,21)/t14-,16-/m0/s1. The van der Waals surface area contributed by atoms with Crippen LogP contribution in [0.4, 0.5) is 5.69 Å². The number of piperidine rings is 1. The Bertz CT molecular complexity index is 516. The molecule has 0 radical (unpaired) electrons. The molecule has 22 heavy (non-hydrogen) atoms. The molecular formula is C18H26N2O2. The van der Waals surface area contributed by atoms with Crippen LogP contribution in [0.3, 0.4) is 0 Å². The molecule has 1 aliphatic heterocycles. The highest BCUT2D eigenvalue weighted by Crippen LogP contribution is 2.35. The van der Waals surface area contributed by atoms with E-state index in [1.807, 2.05) is 24.3 Å². The molecule has 1 N–H and O–H groups in total. The molecule has 4 nitrogen and oxygen atoms in total.